The summed E-state index contributed by atoms with van der Waals surface area (Å²) in [4.78, 5) is 17.7. The normalized spacial score (nSPS) is 18.2. The van der Waals surface area contributed by atoms with Crippen molar-refractivity contribution in [3.8, 4) is 0 Å². The maximum atomic E-state index is 13.0. The molecule has 1 fully saturated rings. The lowest BCUT2D eigenvalue weighted by atomic mass is 9.87. The number of halogens is 2. The molecule has 2 aromatic heterocycles. The minimum Gasteiger partial charge on any atom is -0.348 e. The van der Waals surface area contributed by atoms with E-state index in [0.717, 1.165) is 50.4 Å². The first-order valence-electron chi connectivity index (χ1n) is 8.82. The largest absolute Gasteiger partial charge is 0.348 e. The Morgan fingerprint density at radius 2 is 2.08 bits per heavy atom. The highest BCUT2D eigenvalue weighted by Gasteiger charge is 2.41. The van der Waals surface area contributed by atoms with E-state index in [1.807, 2.05) is 16.9 Å². The molecule has 144 valence electrons. The molecule has 4 rings (SSSR count). The standard InChI is InChI=1S/C17H24N6O.2ClH/c24-16(17(5-8-18-9-6-17)23-11-3-7-20-23)19-12-14-13-22-10-2-1-4-15(22)21-14;;/h3,7,11,13,18H,1-2,4-6,8-10,12H2,(H,19,24);2*1H. The molecule has 1 amide bonds. The molecule has 2 aliphatic rings. The maximum Gasteiger partial charge on any atom is 0.248 e. The van der Waals surface area contributed by atoms with Crippen molar-refractivity contribution in [3.05, 3.63) is 36.2 Å². The summed E-state index contributed by atoms with van der Waals surface area (Å²) in [5.74, 6) is 1.19. The number of aromatic nitrogens is 4. The van der Waals surface area contributed by atoms with Gasteiger partial charge in [0.2, 0.25) is 5.91 Å². The summed E-state index contributed by atoms with van der Waals surface area (Å²) in [5.41, 5.74) is 0.360. The summed E-state index contributed by atoms with van der Waals surface area (Å²) in [6, 6.07) is 1.88. The molecule has 0 radical (unpaired) electrons. The highest BCUT2D eigenvalue weighted by molar-refractivity contribution is 5.85. The molecule has 0 atom stereocenters. The number of hydrogen-bond acceptors (Lipinski definition) is 4. The molecule has 0 bridgehead atoms. The van der Waals surface area contributed by atoms with Gasteiger partial charge in [-0.05, 0) is 44.8 Å². The zero-order chi connectivity index (χ0) is 16.4. The quantitative estimate of drug-likeness (QED) is 0.817. The van der Waals surface area contributed by atoms with Gasteiger partial charge in [-0.2, -0.15) is 5.10 Å². The number of nitrogens with zero attached hydrogens (tertiary/aromatic N) is 4. The van der Waals surface area contributed by atoms with Crippen LogP contribution in [0.2, 0.25) is 0 Å². The number of aryl methyl sites for hydroxylation is 2. The van der Waals surface area contributed by atoms with Crippen molar-refractivity contribution in [2.45, 2.75) is 50.7 Å². The first-order chi connectivity index (χ1) is 11.8. The van der Waals surface area contributed by atoms with Crippen molar-refractivity contribution in [1.29, 1.82) is 0 Å². The van der Waals surface area contributed by atoms with E-state index in [1.165, 1.54) is 12.8 Å². The van der Waals surface area contributed by atoms with E-state index < -0.39 is 5.54 Å². The fourth-order valence-electron chi connectivity index (χ4n) is 3.81. The first kappa shape index (κ1) is 20.7. The van der Waals surface area contributed by atoms with Gasteiger partial charge in [0, 0.05) is 31.6 Å². The van der Waals surface area contributed by atoms with Gasteiger partial charge in [0.15, 0.2) is 0 Å². The van der Waals surface area contributed by atoms with Crippen LogP contribution in [0.25, 0.3) is 0 Å². The average Bonchev–Trinajstić information content (AvgIpc) is 3.29. The molecule has 1 saturated heterocycles. The van der Waals surface area contributed by atoms with Crippen LogP contribution in [0.1, 0.15) is 37.2 Å². The van der Waals surface area contributed by atoms with Gasteiger partial charge >= 0.3 is 0 Å². The molecule has 26 heavy (non-hydrogen) atoms. The summed E-state index contributed by atoms with van der Waals surface area (Å²) in [6.07, 6.45) is 10.7. The Bertz CT molecular complexity index is 685. The molecule has 2 N–H and O–H groups in total. The summed E-state index contributed by atoms with van der Waals surface area (Å²) in [6.45, 7) is 3.17. The number of amides is 1. The van der Waals surface area contributed by atoms with Gasteiger partial charge < -0.3 is 15.2 Å². The van der Waals surface area contributed by atoms with Crippen molar-refractivity contribution >= 4 is 30.7 Å². The van der Waals surface area contributed by atoms with Gasteiger partial charge in [-0.25, -0.2) is 4.98 Å². The van der Waals surface area contributed by atoms with E-state index in [1.54, 1.807) is 6.20 Å². The molecule has 0 saturated carbocycles. The van der Waals surface area contributed by atoms with Gasteiger partial charge in [0.25, 0.3) is 0 Å². The molecule has 9 heteroatoms. The number of piperidine rings is 1. The Kier molecular flexibility index (Phi) is 7.08. The molecule has 0 unspecified atom stereocenters. The van der Waals surface area contributed by atoms with Crippen LogP contribution in [0, 0.1) is 0 Å². The van der Waals surface area contributed by atoms with Gasteiger partial charge in [-0.1, -0.05) is 0 Å². The second-order valence-electron chi connectivity index (χ2n) is 6.71. The van der Waals surface area contributed by atoms with Crippen LogP contribution >= 0.6 is 24.8 Å². The van der Waals surface area contributed by atoms with Crippen LogP contribution in [-0.4, -0.2) is 38.3 Å². The molecule has 7 nitrogen and oxygen atoms in total. The summed E-state index contributed by atoms with van der Waals surface area (Å²) < 4.78 is 4.04. The second-order valence-corrected chi connectivity index (χ2v) is 6.71. The predicted octanol–water partition coefficient (Wildman–Crippen LogP) is 1.65. The van der Waals surface area contributed by atoms with Crippen molar-refractivity contribution in [2.75, 3.05) is 13.1 Å². The number of carbonyl (C=O) groups excluding carboxylic acids is 1. The van der Waals surface area contributed by atoms with E-state index in [9.17, 15) is 4.79 Å². The van der Waals surface area contributed by atoms with Crippen LogP contribution in [0.5, 0.6) is 0 Å². The third kappa shape index (κ3) is 3.89. The molecule has 2 aromatic rings. The average molecular weight is 401 g/mol. The van der Waals surface area contributed by atoms with E-state index in [4.69, 9.17) is 0 Å². The van der Waals surface area contributed by atoms with E-state index in [-0.39, 0.29) is 30.7 Å². The van der Waals surface area contributed by atoms with Crippen LogP contribution < -0.4 is 10.6 Å². The zero-order valence-electron chi connectivity index (χ0n) is 14.7. The third-order valence-electron chi connectivity index (χ3n) is 5.18. The Hall–Kier alpha value is -1.57. The SMILES string of the molecule is Cl.Cl.O=C(NCc1cn2c(n1)CCCC2)C1(n2cccn2)CCNCC1. The van der Waals surface area contributed by atoms with E-state index in [2.05, 4.69) is 31.5 Å². The summed E-state index contributed by atoms with van der Waals surface area (Å²) >= 11 is 0. The van der Waals surface area contributed by atoms with Crippen molar-refractivity contribution in [1.82, 2.24) is 30.0 Å². The van der Waals surface area contributed by atoms with Gasteiger partial charge in [-0.15, -0.1) is 24.8 Å². The zero-order valence-corrected chi connectivity index (χ0v) is 16.3. The number of hydrogen-bond donors (Lipinski definition) is 2. The Balaban J connectivity index is 0.00000121. The van der Waals surface area contributed by atoms with Crippen molar-refractivity contribution in [3.63, 3.8) is 0 Å². The summed E-state index contributed by atoms with van der Waals surface area (Å²) in [7, 11) is 0. The number of carbonyl (C=O) groups is 1. The fourth-order valence-corrected chi connectivity index (χ4v) is 3.81. The molecule has 0 aliphatic carbocycles. The lowest BCUT2D eigenvalue weighted by molar-refractivity contribution is -0.132. The van der Waals surface area contributed by atoms with Crippen molar-refractivity contribution < 1.29 is 4.79 Å². The van der Waals surface area contributed by atoms with E-state index in [0.29, 0.717) is 6.54 Å². The molecule has 0 aromatic carbocycles. The molecular formula is C17H26Cl2N6O. The number of fused-ring (bicyclic) bond motifs is 1. The van der Waals surface area contributed by atoms with Crippen molar-refractivity contribution in [2.24, 2.45) is 0 Å². The smallest absolute Gasteiger partial charge is 0.248 e. The van der Waals surface area contributed by atoms with E-state index >= 15 is 0 Å². The Morgan fingerprint density at radius 1 is 1.27 bits per heavy atom. The minimum absolute atomic E-state index is 0. The molecule has 4 heterocycles. The van der Waals surface area contributed by atoms with Gasteiger partial charge in [0.1, 0.15) is 11.4 Å². The minimum atomic E-state index is -0.589. The second kappa shape index (κ2) is 8.88. The Morgan fingerprint density at radius 3 is 2.77 bits per heavy atom. The predicted molar refractivity (Wildman–Crippen MR) is 104 cm³/mol. The molecular weight excluding hydrogens is 375 g/mol. The molecule has 0 spiro atoms. The first-order valence-corrected chi connectivity index (χ1v) is 8.82. The number of rotatable bonds is 4. The topological polar surface area (TPSA) is 76.8 Å². The molecule has 2 aliphatic heterocycles. The lowest BCUT2D eigenvalue weighted by Gasteiger charge is -2.36. The van der Waals surface area contributed by atoms with Crippen LogP contribution in [0.15, 0.2) is 24.7 Å². The third-order valence-corrected chi connectivity index (χ3v) is 5.18. The van der Waals surface area contributed by atoms with Crippen LogP contribution in [0.4, 0.5) is 0 Å². The Labute approximate surface area is 165 Å². The lowest BCUT2D eigenvalue weighted by Crippen LogP contribution is -2.54. The number of imidazole rings is 1. The van der Waals surface area contributed by atoms with Gasteiger partial charge in [0.05, 0.1) is 12.2 Å². The van der Waals surface area contributed by atoms with Crippen LogP contribution in [-0.2, 0) is 29.8 Å². The monoisotopic (exact) mass is 400 g/mol. The number of nitrogens with one attached hydrogen (secondary N) is 2. The fraction of sp³-hybridized carbons (Fsp3) is 0.588. The highest BCUT2D eigenvalue weighted by atomic mass is 35.5. The van der Waals surface area contributed by atoms with Gasteiger partial charge in [-0.3, -0.25) is 9.48 Å². The maximum absolute atomic E-state index is 13.0. The highest BCUT2D eigenvalue weighted by Crippen LogP contribution is 2.27. The van der Waals surface area contributed by atoms with Crippen LogP contribution in [0.3, 0.4) is 0 Å². The summed E-state index contributed by atoms with van der Waals surface area (Å²) in [5, 5.41) is 10.8.